The van der Waals surface area contributed by atoms with Gasteiger partial charge >= 0.3 is 0 Å². The predicted molar refractivity (Wildman–Crippen MR) is 117 cm³/mol. The van der Waals surface area contributed by atoms with Crippen LogP contribution in [0.25, 0.3) is 16.3 Å². The minimum atomic E-state index is 0.132. The zero-order valence-electron chi connectivity index (χ0n) is 16.3. The van der Waals surface area contributed by atoms with Crippen LogP contribution in [0.3, 0.4) is 0 Å². The van der Waals surface area contributed by atoms with E-state index in [1.807, 2.05) is 12.1 Å². The Kier molecular flexibility index (Phi) is 5.72. The molecule has 2 atom stereocenters. The van der Waals surface area contributed by atoms with Crippen molar-refractivity contribution in [1.82, 2.24) is 9.88 Å². The summed E-state index contributed by atoms with van der Waals surface area (Å²) in [4.78, 5) is 6.14. The standard InChI is InChI=1S/C25H23N4/c26-15-7-6-14-24-25-22(21-12-4-5-13-23(21)28-25)17-20(11-8-16-27)29(24)18-19-9-2-1-3-10-19/h1-10,12-13,20,24,28H,11,14,17-18H2/q-1/b7-6+/t20-,24-/m0/s1. The molecule has 29 heavy (non-hydrogen) atoms. The van der Waals surface area contributed by atoms with E-state index in [4.69, 9.17) is 10.7 Å². The molecular formula is C25H23N4-. The summed E-state index contributed by atoms with van der Waals surface area (Å²) in [6.45, 7) is 0.810. The first-order chi connectivity index (χ1) is 14.3. The first-order valence-electron chi connectivity index (χ1n) is 9.97. The highest BCUT2D eigenvalue weighted by Crippen LogP contribution is 2.40. The average Bonchev–Trinajstić information content (AvgIpc) is 3.13. The Bertz CT molecular complexity index is 1100. The van der Waals surface area contributed by atoms with Crippen molar-refractivity contribution in [2.75, 3.05) is 0 Å². The lowest BCUT2D eigenvalue weighted by atomic mass is 9.88. The SMILES string of the molecule is N#C/C=C/C[C@H]1c2[nH]c3ccccc3c2C[C@H](CC=C=[N-])N1Cc1ccccc1. The number of rotatable bonds is 6. The zero-order valence-corrected chi connectivity index (χ0v) is 16.3. The maximum atomic E-state index is 9.16. The molecule has 4 rings (SSSR count). The molecular weight excluding hydrogens is 356 g/mol. The molecule has 1 aliphatic rings. The molecule has 1 aliphatic heterocycles. The van der Waals surface area contributed by atoms with Crippen LogP contribution in [0.15, 0.2) is 72.8 Å². The summed E-state index contributed by atoms with van der Waals surface area (Å²) < 4.78 is 0. The molecule has 144 valence electrons. The van der Waals surface area contributed by atoms with Gasteiger partial charge in [0.25, 0.3) is 0 Å². The third kappa shape index (κ3) is 3.93. The van der Waals surface area contributed by atoms with E-state index in [0.717, 1.165) is 31.3 Å². The minimum Gasteiger partial charge on any atom is -0.764 e. The van der Waals surface area contributed by atoms with Crippen LogP contribution in [-0.2, 0) is 13.0 Å². The van der Waals surface area contributed by atoms with Gasteiger partial charge in [0.1, 0.15) is 0 Å². The van der Waals surface area contributed by atoms with Crippen molar-refractivity contribution in [1.29, 1.82) is 5.26 Å². The van der Waals surface area contributed by atoms with E-state index >= 15 is 0 Å². The second kappa shape index (κ2) is 8.75. The smallest absolute Gasteiger partial charge is 0.0908 e. The number of aromatic nitrogens is 1. The number of H-pyrrole nitrogens is 1. The van der Waals surface area contributed by atoms with Crippen molar-refractivity contribution >= 4 is 16.8 Å². The van der Waals surface area contributed by atoms with Gasteiger partial charge in [0.2, 0.25) is 0 Å². The molecule has 2 heterocycles. The van der Waals surface area contributed by atoms with Gasteiger partial charge in [-0.3, -0.25) is 10.8 Å². The van der Waals surface area contributed by atoms with Crippen LogP contribution >= 0.6 is 0 Å². The van der Waals surface area contributed by atoms with Gasteiger partial charge in [-0.25, -0.2) is 0 Å². The number of nitrogens with one attached hydrogen (secondary N) is 1. The predicted octanol–water partition coefficient (Wildman–Crippen LogP) is 5.29. The second-order valence-electron chi connectivity index (χ2n) is 7.43. The maximum Gasteiger partial charge on any atom is 0.0908 e. The van der Waals surface area contributed by atoms with Crippen LogP contribution in [0, 0.1) is 11.3 Å². The monoisotopic (exact) mass is 379 g/mol. The third-order valence-electron chi connectivity index (χ3n) is 5.73. The van der Waals surface area contributed by atoms with Crippen LogP contribution < -0.4 is 0 Å². The molecule has 0 saturated carbocycles. The number of para-hydroxylation sites is 1. The lowest BCUT2D eigenvalue weighted by Crippen LogP contribution is -2.43. The van der Waals surface area contributed by atoms with Crippen molar-refractivity contribution in [2.24, 2.45) is 0 Å². The molecule has 0 radical (unpaired) electrons. The van der Waals surface area contributed by atoms with Gasteiger partial charge in [0.05, 0.1) is 12.1 Å². The van der Waals surface area contributed by atoms with Crippen molar-refractivity contribution < 1.29 is 0 Å². The molecule has 4 heteroatoms. The summed E-state index contributed by atoms with van der Waals surface area (Å²) in [5, 5.41) is 19.4. The average molecular weight is 379 g/mol. The van der Waals surface area contributed by atoms with E-state index in [9.17, 15) is 0 Å². The number of fused-ring (bicyclic) bond motifs is 3. The molecule has 1 aromatic heterocycles. The number of nitriles is 1. The number of aromatic amines is 1. The molecule has 3 aromatic rings. The van der Waals surface area contributed by atoms with Gasteiger partial charge in [-0.1, -0.05) is 60.7 Å². The molecule has 0 fully saturated rings. The number of hydrogen-bond donors (Lipinski definition) is 1. The van der Waals surface area contributed by atoms with Crippen molar-refractivity contribution in [3.63, 3.8) is 0 Å². The van der Waals surface area contributed by atoms with Crippen molar-refractivity contribution in [2.45, 2.75) is 37.9 Å². The second-order valence-corrected chi connectivity index (χ2v) is 7.43. The summed E-state index contributed by atoms with van der Waals surface area (Å²) >= 11 is 0. The van der Waals surface area contributed by atoms with Gasteiger partial charge in [0, 0.05) is 35.3 Å². The van der Waals surface area contributed by atoms with Gasteiger partial charge < -0.3 is 10.4 Å². The molecule has 2 aromatic carbocycles. The highest BCUT2D eigenvalue weighted by molar-refractivity contribution is 5.85. The van der Waals surface area contributed by atoms with E-state index in [-0.39, 0.29) is 12.1 Å². The van der Waals surface area contributed by atoms with Crippen LogP contribution in [0.5, 0.6) is 0 Å². The van der Waals surface area contributed by atoms with Crippen LogP contribution in [0.4, 0.5) is 0 Å². The van der Waals surface area contributed by atoms with E-state index in [1.165, 1.54) is 22.2 Å². The summed E-state index contributed by atoms with van der Waals surface area (Å²) in [6.07, 6.45) is 7.61. The number of allylic oxidation sites excluding steroid dienone is 1. The molecule has 4 nitrogen and oxygen atoms in total. The van der Waals surface area contributed by atoms with Crippen molar-refractivity contribution in [3.8, 4) is 6.07 Å². The van der Waals surface area contributed by atoms with E-state index in [1.54, 1.807) is 12.2 Å². The maximum absolute atomic E-state index is 9.16. The number of nitrogens with zero attached hydrogens (tertiary/aromatic N) is 3. The molecule has 0 aliphatic carbocycles. The summed E-state index contributed by atoms with van der Waals surface area (Å²) in [5.74, 6) is 2.20. The molecule has 0 amide bonds. The fraction of sp³-hybridized carbons (Fsp3) is 0.240. The fourth-order valence-corrected chi connectivity index (χ4v) is 4.44. The Morgan fingerprint density at radius 2 is 1.90 bits per heavy atom. The minimum absolute atomic E-state index is 0.132. The van der Waals surface area contributed by atoms with Crippen molar-refractivity contribution in [3.05, 3.63) is 95.1 Å². The van der Waals surface area contributed by atoms with E-state index in [0.29, 0.717) is 0 Å². The van der Waals surface area contributed by atoms with Crippen LogP contribution in [-0.4, -0.2) is 21.8 Å². The van der Waals surface area contributed by atoms with Crippen LogP contribution in [0.2, 0.25) is 0 Å². The normalized spacial score (nSPS) is 19.0. The lowest BCUT2D eigenvalue weighted by molar-refractivity contribution is 0.108. The first-order valence-corrected chi connectivity index (χ1v) is 9.97. The quantitative estimate of drug-likeness (QED) is 0.467. The Hall–Kier alpha value is -3.38. The first kappa shape index (κ1) is 19.0. The molecule has 0 saturated heterocycles. The van der Waals surface area contributed by atoms with Gasteiger partial charge in [0.15, 0.2) is 0 Å². The Morgan fingerprint density at radius 3 is 2.69 bits per heavy atom. The number of hydrogen-bond acceptors (Lipinski definition) is 2. The van der Waals surface area contributed by atoms with Crippen LogP contribution in [0.1, 0.15) is 35.7 Å². The summed E-state index contributed by atoms with van der Waals surface area (Å²) in [5.41, 5.74) is 4.98. The topological polar surface area (TPSA) is 65.1 Å². The Morgan fingerprint density at radius 1 is 1.10 bits per heavy atom. The highest BCUT2D eigenvalue weighted by atomic mass is 15.2. The third-order valence-corrected chi connectivity index (χ3v) is 5.73. The largest absolute Gasteiger partial charge is 0.764 e. The molecule has 1 N–H and O–H groups in total. The Labute approximate surface area is 171 Å². The Balaban J connectivity index is 1.80. The van der Waals surface area contributed by atoms with E-state index < -0.39 is 0 Å². The lowest BCUT2D eigenvalue weighted by Gasteiger charge is -2.42. The van der Waals surface area contributed by atoms with Gasteiger partial charge in [-0.2, -0.15) is 5.26 Å². The highest BCUT2D eigenvalue weighted by Gasteiger charge is 2.35. The summed E-state index contributed by atoms with van der Waals surface area (Å²) in [6, 6.07) is 21.4. The summed E-state index contributed by atoms with van der Waals surface area (Å²) in [7, 11) is 0. The molecule has 0 spiro atoms. The fourth-order valence-electron chi connectivity index (χ4n) is 4.44. The molecule has 0 unspecified atom stereocenters. The zero-order chi connectivity index (χ0) is 20.1. The van der Waals surface area contributed by atoms with E-state index in [2.05, 4.69) is 70.4 Å². The van der Waals surface area contributed by atoms with Gasteiger partial charge in [-0.15, -0.1) is 0 Å². The van der Waals surface area contributed by atoms with Gasteiger partial charge in [-0.05, 0) is 36.5 Å². The number of benzene rings is 2. The molecule has 0 bridgehead atoms.